The fraction of sp³-hybridized carbons (Fsp3) is 0.0500. The van der Waals surface area contributed by atoms with E-state index in [1.54, 1.807) is 12.1 Å². The Morgan fingerprint density at radius 2 is 1.63 bits per heavy atom. The smallest absolute Gasteiger partial charge is 0.267 e. The molecule has 3 aromatic rings. The van der Waals surface area contributed by atoms with Crippen molar-refractivity contribution in [1.82, 2.24) is 0 Å². The SMILES string of the molecule is NN(C(=O)c1ccc(Cl)c(-c2ccccc2)c1)c1cccc(C(F)(F)F)c1. The first-order valence-corrected chi connectivity index (χ1v) is 8.26. The molecule has 0 spiro atoms. The number of benzene rings is 3. The van der Waals surface area contributed by atoms with Gasteiger partial charge in [0.1, 0.15) is 0 Å². The van der Waals surface area contributed by atoms with E-state index < -0.39 is 17.6 Å². The number of hydrogen-bond acceptors (Lipinski definition) is 2. The normalized spacial score (nSPS) is 11.3. The molecule has 0 aliphatic heterocycles. The van der Waals surface area contributed by atoms with Crippen LogP contribution in [-0.4, -0.2) is 5.91 Å². The van der Waals surface area contributed by atoms with Gasteiger partial charge in [0.05, 0.1) is 11.3 Å². The first-order valence-electron chi connectivity index (χ1n) is 7.89. The molecule has 0 bridgehead atoms. The highest BCUT2D eigenvalue weighted by Crippen LogP contribution is 2.32. The molecule has 0 heterocycles. The lowest BCUT2D eigenvalue weighted by molar-refractivity contribution is -0.137. The van der Waals surface area contributed by atoms with Gasteiger partial charge in [0.2, 0.25) is 0 Å². The molecular weight excluding hydrogens is 377 g/mol. The van der Waals surface area contributed by atoms with Crippen LogP contribution >= 0.6 is 11.6 Å². The van der Waals surface area contributed by atoms with Crippen LogP contribution in [0.15, 0.2) is 72.8 Å². The number of carbonyl (C=O) groups is 1. The van der Waals surface area contributed by atoms with Crippen molar-refractivity contribution in [3.05, 3.63) is 88.9 Å². The van der Waals surface area contributed by atoms with E-state index in [2.05, 4.69) is 0 Å². The minimum Gasteiger partial charge on any atom is -0.267 e. The highest BCUT2D eigenvalue weighted by Gasteiger charge is 2.31. The largest absolute Gasteiger partial charge is 0.416 e. The van der Waals surface area contributed by atoms with Gasteiger partial charge in [-0.3, -0.25) is 4.79 Å². The number of hydrazine groups is 1. The Morgan fingerprint density at radius 3 is 2.30 bits per heavy atom. The minimum absolute atomic E-state index is 0.0639. The van der Waals surface area contributed by atoms with Gasteiger partial charge in [0.25, 0.3) is 5.91 Å². The van der Waals surface area contributed by atoms with E-state index in [1.807, 2.05) is 30.3 Å². The van der Waals surface area contributed by atoms with E-state index in [4.69, 9.17) is 17.4 Å². The molecule has 0 atom stereocenters. The van der Waals surface area contributed by atoms with Crippen LogP contribution in [0.25, 0.3) is 11.1 Å². The number of anilines is 1. The monoisotopic (exact) mass is 390 g/mol. The van der Waals surface area contributed by atoms with Crippen molar-refractivity contribution in [1.29, 1.82) is 0 Å². The van der Waals surface area contributed by atoms with E-state index >= 15 is 0 Å². The van der Waals surface area contributed by atoms with Crippen LogP contribution in [-0.2, 0) is 6.18 Å². The second kappa shape index (κ2) is 7.42. The van der Waals surface area contributed by atoms with Crippen LogP contribution in [0.2, 0.25) is 5.02 Å². The van der Waals surface area contributed by atoms with E-state index in [-0.39, 0.29) is 11.3 Å². The summed E-state index contributed by atoms with van der Waals surface area (Å²) in [6.45, 7) is 0. The molecule has 0 radical (unpaired) electrons. The molecule has 2 N–H and O–H groups in total. The van der Waals surface area contributed by atoms with Crippen LogP contribution in [0, 0.1) is 0 Å². The quantitative estimate of drug-likeness (QED) is 0.362. The van der Waals surface area contributed by atoms with Gasteiger partial charge in [-0.15, -0.1) is 0 Å². The summed E-state index contributed by atoms with van der Waals surface area (Å²) in [5.41, 5.74) is 0.689. The Labute approximate surface area is 158 Å². The lowest BCUT2D eigenvalue weighted by Gasteiger charge is -2.19. The maximum absolute atomic E-state index is 12.9. The predicted octanol–water partition coefficient (Wildman–Crippen LogP) is 5.55. The highest BCUT2D eigenvalue weighted by atomic mass is 35.5. The predicted molar refractivity (Wildman–Crippen MR) is 99.3 cm³/mol. The Balaban J connectivity index is 1.95. The number of alkyl halides is 3. The summed E-state index contributed by atoms with van der Waals surface area (Å²) in [6.07, 6.45) is -4.53. The molecule has 0 aliphatic rings. The summed E-state index contributed by atoms with van der Waals surface area (Å²) in [5.74, 6) is 5.14. The molecule has 7 heteroatoms. The second-order valence-corrected chi connectivity index (χ2v) is 6.19. The number of halogens is 4. The molecule has 0 fully saturated rings. The number of hydrogen-bond donors (Lipinski definition) is 1. The average molecular weight is 391 g/mol. The Bertz CT molecular complexity index is 974. The topological polar surface area (TPSA) is 46.3 Å². The van der Waals surface area contributed by atoms with Gasteiger partial charge < -0.3 is 0 Å². The molecule has 0 unspecified atom stereocenters. The van der Waals surface area contributed by atoms with Gasteiger partial charge in [-0.05, 0) is 42.0 Å². The van der Waals surface area contributed by atoms with E-state index in [0.717, 1.165) is 17.7 Å². The highest BCUT2D eigenvalue weighted by molar-refractivity contribution is 6.33. The minimum atomic E-state index is -4.53. The Morgan fingerprint density at radius 1 is 0.926 bits per heavy atom. The Kier molecular flexibility index (Phi) is 5.21. The zero-order valence-electron chi connectivity index (χ0n) is 13.9. The molecule has 0 aromatic heterocycles. The Hall–Kier alpha value is -2.83. The van der Waals surface area contributed by atoms with Gasteiger partial charge in [-0.1, -0.05) is 48.0 Å². The maximum Gasteiger partial charge on any atom is 0.416 e. The zero-order valence-corrected chi connectivity index (χ0v) is 14.6. The number of amides is 1. The van der Waals surface area contributed by atoms with Gasteiger partial charge in [0.15, 0.2) is 0 Å². The third-order valence-corrected chi connectivity index (χ3v) is 4.30. The fourth-order valence-corrected chi connectivity index (χ4v) is 2.81. The first-order chi connectivity index (χ1) is 12.8. The third kappa shape index (κ3) is 4.13. The van der Waals surface area contributed by atoms with Crippen molar-refractivity contribution in [3.63, 3.8) is 0 Å². The molecule has 138 valence electrons. The molecule has 3 rings (SSSR count). The van der Waals surface area contributed by atoms with Gasteiger partial charge in [-0.25, -0.2) is 10.9 Å². The number of rotatable bonds is 3. The number of nitrogens with two attached hydrogens (primary N) is 1. The third-order valence-electron chi connectivity index (χ3n) is 3.97. The molecule has 0 aliphatic carbocycles. The summed E-state index contributed by atoms with van der Waals surface area (Å²) in [5, 5.41) is 1.13. The van der Waals surface area contributed by atoms with Crippen molar-refractivity contribution < 1.29 is 18.0 Å². The van der Waals surface area contributed by atoms with Crippen molar-refractivity contribution in [2.45, 2.75) is 6.18 Å². The standard InChI is InChI=1S/C20H14ClF3N2O/c21-18-10-9-14(11-17(18)13-5-2-1-3-6-13)19(27)26(25)16-8-4-7-15(12-16)20(22,23)24/h1-12H,25H2. The van der Waals surface area contributed by atoms with Crippen LogP contribution in [0.4, 0.5) is 18.9 Å². The van der Waals surface area contributed by atoms with Gasteiger partial charge >= 0.3 is 6.18 Å². The van der Waals surface area contributed by atoms with Crippen molar-refractivity contribution in [3.8, 4) is 11.1 Å². The summed E-state index contributed by atoms with van der Waals surface area (Å²) in [6, 6.07) is 18.0. The van der Waals surface area contributed by atoms with E-state index in [1.165, 1.54) is 18.2 Å². The maximum atomic E-state index is 12.9. The zero-order chi connectivity index (χ0) is 19.6. The molecule has 3 nitrogen and oxygen atoms in total. The van der Waals surface area contributed by atoms with Crippen LogP contribution in [0.3, 0.4) is 0 Å². The van der Waals surface area contributed by atoms with Crippen LogP contribution < -0.4 is 10.9 Å². The number of nitrogens with zero attached hydrogens (tertiary/aromatic N) is 1. The molecule has 1 amide bonds. The molecular formula is C20H14ClF3N2O. The van der Waals surface area contributed by atoms with Crippen molar-refractivity contribution >= 4 is 23.2 Å². The molecule has 0 saturated carbocycles. The summed E-state index contributed by atoms with van der Waals surface area (Å²) in [4.78, 5) is 12.7. The van der Waals surface area contributed by atoms with Gasteiger partial charge in [-0.2, -0.15) is 13.2 Å². The summed E-state index contributed by atoms with van der Waals surface area (Å²) in [7, 11) is 0. The molecule has 27 heavy (non-hydrogen) atoms. The van der Waals surface area contributed by atoms with Gasteiger partial charge in [0, 0.05) is 16.1 Å². The van der Waals surface area contributed by atoms with E-state index in [0.29, 0.717) is 15.6 Å². The first kappa shape index (κ1) is 18.9. The van der Waals surface area contributed by atoms with Crippen molar-refractivity contribution in [2.24, 2.45) is 5.84 Å². The van der Waals surface area contributed by atoms with Crippen LogP contribution in [0.5, 0.6) is 0 Å². The van der Waals surface area contributed by atoms with E-state index in [9.17, 15) is 18.0 Å². The second-order valence-electron chi connectivity index (χ2n) is 5.78. The summed E-state index contributed by atoms with van der Waals surface area (Å²) >= 11 is 6.22. The molecule has 0 saturated heterocycles. The molecule has 3 aromatic carbocycles. The fourth-order valence-electron chi connectivity index (χ4n) is 2.59. The lowest BCUT2D eigenvalue weighted by Crippen LogP contribution is -2.37. The number of carbonyl (C=O) groups excluding carboxylic acids is 1. The summed E-state index contributed by atoms with van der Waals surface area (Å²) < 4.78 is 38.6. The van der Waals surface area contributed by atoms with Crippen molar-refractivity contribution in [2.75, 3.05) is 5.01 Å². The average Bonchev–Trinajstić information content (AvgIpc) is 2.67. The lowest BCUT2D eigenvalue weighted by atomic mass is 10.0. The van der Waals surface area contributed by atoms with Crippen LogP contribution in [0.1, 0.15) is 15.9 Å².